The summed E-state index contributed by atoms with van der Waals surface area (Å²) in [6.45, 7) is 6.08. The highest BCUT2D eigenvalue weighted by atomic mass is 16.5. The number of allylic oxidation sites excluding steroid dienone is 2. The Balaban J connectivity index is 2.63. The Labute approximate surface area is 91.4 Å². The maximum atomic E-state index is 11.4. The SMILES string of the molecule is COC(=O)C1CC(OC(C)C)=CC(C)C1. The largest absolute Gasteiger partial charge is 0.496 e. The number of esters is 1. The van der Waals surface area contributed by atoms with Gasteiger partial charge in [0.05, 0.1) is 24.9 Å². The van der Waals surface area contributed by atoms with Gasteiger partial charge in [-0.15, -0.1) is 0 Å². The van der Waals surface area contributed by atoms with Gasteiger partial charge in [0, 0.05) is 6.42 Å². The molecule has 2 atom stereocenters. The molecule has 0 N–H and O–H groups in total. The molecule has 2 unspecified atom stereocenters. The summed E-state index contributed by atoms with van der Waals surface area (Å²) in [5.74, 6) is 1.15. The molecule has 15 heavy (non-hydrogen) atoms. The van der Waals surface area contributed by atoms with Crippen molar-refractivity contribution in [2.75, 3.05) is 7.11 Å². The molecule has 0 aromatic heterocycles. The first-order chi connectivity index (χ1) is 7.02. The van der Waals surface area contributed by atoms with Crippen molar-refractivity contribution < 1.29 is 14.3 Å². The number of rotatable bonds is 3. The Morgan fingerprint density at radius 3 is 2.73 bits per heavy atom. The quantitative estimate of drug-likeness (QED) is 0.674. The van der Waals surface area contributed by atoms with E-state index in [2.05, 4.69) is 13.0 Å². The highest BCUT2D eigenvalue weighted by Crippen LogP contribution is 2.30. The third-order valence-electron chi connectivity index (χ3n) is 2.50. The van der Waals surface area contributed by atoms with Crippen LogP contribution in [0.5, 0.6) is 0 Å². The van der Waals surface area contributed by atoms with Crippen molar-refractivity contribution in [3.05, 3.63) is 11.8 Å². The number of hydrogen-bond donors (Lipinski definition) is 0. The van der Waals surface area contributed by atoms with Gasteiger partial charge in [-0.05, 0) is 32.3 Å². The minimum absolute atomic E-state index is 0.0382. The van der Waals surface area contributed by atoms with Gasteiger partial charge in [0.1, 0.15) is 0 Å². The van der Waals surface area contributed by atoms with Crippen LogP contribution in [-0.4, -0.2) is 19.2 Å². The summed E-state index contributed by atoms with van der Waals surface area (Å²) < 4.78 is 10.4. The Morgan fingerprint density at radius 2 is 2.20 bits per heavy atom. The summed E-state index contributed by atoms with van der Waals surface area (Å²) in [5.41, 5.74) is 0. The molecule has 1 aliphatic carbocycles. The number of carbonyl (C=O) groups excluding carboxylic acids is 1. The van der Waals surface area contributed by atoms with E-state index in [-0.39, 0.29) is 18.0 Å². The van der Waals surface area contributed by atoms with E-state index in [9.17, 15) is 4.79 Å². The average molecular weight is 212 g/mol. The van der Waals surface area contributed by atoms with Crippen molar-refractivity contribution in [3.63, 3.8) is 0 Å². The zero-order valence-electron chi connectivity index (χ0n) is 9.95. The van der Waals surface area contributed by atoms with Crippen LogP contribution in [-0.2, 0) is 14.3 Å². The van der Waals surface area contributed by atoms with E-state index in [1.54, 1.807) is 0 Å². The third kappa shape index (κ3) is 3.57. The molecule has 0 saturated carbocycles. The number of hydrogen-bond acceptors (Lipinski definition) is 3. The molecule has 0 heterocycles. The lowest BCUT2D eigenvalue weighted by Crippen LogP contribution is -2.24. The van der Waals surface area contributed by atoms with Crippen molar-refractivity contribution in [2.24, 2.45) is 11.8 Å². The first-order valence-electron chi connectivity index (χ1n) is 5.48. The van der Waals surface area contributed by atoms with Gasteiger partial charge in [-0.2, -0.15) is 0 Å². The van der Waals surface area contributed by atoms with E-state index >= 15 is 0 Å². The molecule has 0 fully saturated rings. The maximum absolute atomic E-state index is 11.4. The van der Waals surface area contributed by atoms with Crippen LogP contribution in [0.2, 0.25) is 0 Å². The van der Waals surface area contributed by atoms with E-state index < -0.39 is 0 Å². The van der Waals surface area contributed by atoms with Gasteiger partial charge in [0.2, 0.25) is 0 Å². The predicted octanol–water partition coefficient (Wildman–Crippen LogP) is 2.51. The highest BCUT2D eigenvalue weighted by molar-refractivity contribution is 5.72. The zero-order valence-corrected chi connectivity index (χ0v) is 9.95. The molecule has 0 amide bonds. The molecule has 1 aliphatic rings. The first kappa shape index (κ1) is 12.1. The van der Waals surface area contributed by atoms with Gasteiger partial charge in [-0.1, -0.05) is 6.92 Å². The van der Waals surface area contributed by atoms with Crippen molar-refractivity contribution in [1.29, 1.82) is 0 Å². The number of carbonyl (C=O) groups is 1. The second-order valence-electron chi connectivity index (χ2n) is 4.44. The Morgan fingerprint density at radius 1 is 1.53 bits per heavy atom. The lowest BCUT2D eigenvalue weighted by atomic mass is 9.86. The lowest BCUT2D eigenvalue weighted by molar-refractivity contribution is -0.146. The van der Waals surface area contributed by atoms with Crippen LogP contribution in [0.3, 0.4) is 0 Å². The van der Waals surface area contributed by atoms with Crippen LogP contribution in [0.25, 0.3) is 0 Å². The molecular formula is C12H20O3. The number of ether oxygens (including phenoxy) is 2. The summed E-state index contributed by atoms with van der Waals surface area (Å²) in [6.07, 6.45) is 3.81. The minimum atomic E-state index is -0.125. The van der Waals surface area contributed by atoms with Gasteiger partial charge >= 0.3 is 5.97 Å². The smallest absolute Gasteiger partial charge is 0.309 e. The fourth-order valence-corrected chi connectivity index (χ4v) is 1.96. The Kier molecular flexibility index (Phi) is 4.18. The molecular weight excluding hydrogens is 192 g/mol. The Hall–Kier alpha value is -0.990. The van der Waals surface area contributed by atoms with Gasteiger partial charge in [-0.3, -0.25) is 4.79 Å². The van der Waals surface area contributed by atoms with Crippen LogP contribution in [0, 0.1) is 11.8 Å². The van der Waals surface area contributed by atoms with Crippen LogP contribution >= 0.6 is 0 Å². The molecule has 3 nitrogen and oxygen atoms in total. The molecule has 0 aromatic carbocycles. The molecule has 0 bridgehead atoms. The molecule has 0 spiro atoms. The van der Waals surface area contributed by atoms with Gasteiger partial charge in [0.25, 0.3) is 0 Å². The lowest BCUT2D eigenvalue weighted by Gasteiger charge is -2.26. The fourth-order valence-electron chi connectivity index (χ4n) is 1.96. The van der Waals surface area contributed by atoms with Gasteiger partial charge in [0.15, 0.2) is 0 Å². The van der Waals surface area contributed by atoms with E-state index in [4.69, 9.17) is 9.47 Å². The Bertz CT molecular complexity index is 256. The van der Waals surface area contributed by atoms with Crippen LogP contribution in [0.4, 0.5) is 0 Å². The standard InChI is InChI=1S/C12H20O3/c1-8(2)15-11-6-9(3)5-10(7-11)12(13)14-4/h6,8-10H,5,7H2,1-4H3. The zero-order chi connectivity index (χ0) is 11.4. The third-order valence-corrected chi connectivity index (χ3v) is 2.50. The molecule has 86 valence electrons. The summed E-state index contributed by atoms with van der Waals surface area (Å²) in [7, 11) is 1.44. The van der Waals surface area contributed by atoms with E-state index in [0.717, 1.165) is 12.2 Å². The summed E-state index contributed by atoms with van der Waals surface area (Å²) in [5, 5.41) is 0. The summed E-state index contributed by atoms with van der Waals surface area (Å²) >= 11 is 0. The normalized spacial score (nSPS) is 26.1. The molecule has 0 saturated heterocycles. The van der Waals surface area contributed by atoms with E-state index in [1.165, 1.54) is 7.11 Å². The van der Waals surface area contributed by atoms with Crippen molar-refractivity contribution >= 4 is 5.97 Å². The maximum Gasteiger partial charge on any atom is 0.309 e. The van der Waals surface area contributed by atoms with Crippen LogP contribution < -0.4 is 0 Å². The van der Waals surface area contributed by atoms with E-state index in [1.807, 2.05) is 13.8 Å². The highest BCUT2D eigenvalue weighted by Gasteiger charge is 2.27. The second kappa shape index (κ2) is 5.19. The molecule has 3 heteroatoms. The van der Waals surface area contributed by atoms with Crippen LogP contribution in [0.15, 0.2) is 11.8 Å². The average Bonchev–Trinajstić information content (AvgIpc) is 2.14. The fraction of sp³-hybridized carbons (Fsp3) is 0.750. The molecule has 1 rings (SSSR count). The van der Waals surface area contributed by atoms with Gasteiger partial charge < -0.3 is 9.47 Å². The van der Waals surface area contributed by atoms with Crippen molar-refractivity contribution in [3.8, 4) is 0 Å². The molecule has 0 radical (unpaired) electrons. The van der Waals surface area contributed by atoms with Crippen molar-refractivity contribution in [2.45, 2.75) is 39.7 Å². The van der Waals surface area contributed by atoms with Crippen molar-refractivity contribution in [1.82, 2.24) is 0 Å². The topological polar surface area (TPSA) is 35.5 Å². The minimum Gasteiger partial charge on any atom is -0.496 e. The first-order valence-corrected chi connectivity index (χ1v) is 5.48. The monoisotopic (exact) mass is 212 g/mol. The van der Waals surface area contributed by atoms with Gasteiger partial charge in [-0.25, -0.2) is 0 Å². The number of methoxy groups -OCH3 is 1. The predicted molar refractivity (Wildman–Crippen MR) is 58.2 cm³/mol. The van der Waals surface area contributed by atoms with E-state index in [0.29, 0.717) is 12.3 Å². The summed E-state index contributed by atoms with van der Waals surface area (Å²) in [4.78, 5) is 11.4. The molecule has 0 aliphatic heterocycles. The summed E-state index contributed by atoms with van der Waals surface area (Å²) in [6, 6.07) is 0. The van der Waals surface area contributed by atoms with Crippen LogP contribution in [0.1, 0.15) is 33.6 Å². The second-order valence-corrected chi connectivity index (χ2v) is 4.44. The molecule has 0 aromatic rings.